The van der Waals surface area contributed by atoms with E-state index in [1.807, 2.05) is 0 Å². The Bertz CT molecular complexity index is 2790. The number of Topliss-reactive ketones (excluding diaryl/α,β-unsaturated/α-hetero) is 1. The number of fused-ring (bicyclic) bond motifs is 1. The Balaban J connectivity index is 1.40. The summed E-state index contributed by atoms with van der Waals surface area (Å²) in [5.74, 6) is -8.44. The lowest BCUT2D eigenvalue weighted by atomic mass is 9.93. The van der Waals surface area contributed by atoms with Crippen LogP contribution in [0.15, 0.2) is 109 Å². The van der Waals surface area contributed by atoms with Gasteiger partial charge in [-0.25, -0.2) is 9.59 Å². The van der Waals surface area contributed by atoms with E-state index in [0.29, 0.717) is 16.0 Å². The van der Waals surface area contributed by atoms with Crippen LogP contribution in [0.4, 0.5) is 0 Å². The lowest BCUT2D eigenvalue weighted by Crippen LogP contribution is -2.70. The molecule has 3 aliphatic heterocycles. The molecule has 77 heavy (non-hydrogen) atoms. The molecular formula is C55H55NO21. The van der Waals surface area contributed by atoms with E-state index in [2.05, 4.69) is 0 Å². The van der Waals surface area contributed by atoms with Gasteiger partial charge in [0.2, 0.25) is 0 Å². The smallest absolute Gasteiger partial charge is 0.338 e. The number of ether oxygens (including phenoxy) is 11. The number of ketones is 1. The van der Waals surface area contributed by atoms with Gasteiger partial charge < -0.3 is 56.9 Å². The standard InChI is InChI=1S/C55H55NO21/c1-30(57)20-25-43(62)75-46-42(29-69-52(65)37-14-8-6-9-15-37)74-55(70-27-36-23-21-35(22-24-36)26-67-31(2)58)49(76-53(66)38-16-10-7-11-17-38)48(46)77-54-44(56-50(63)39-18-12-13-19-40(39)51(56)64)47(72-34(5)61)45(71-33(4)60)41(73-54)28-68-32(3)59/h6-19,21-24,41-42,44-49,54-55H,20,25-29H2,1-5H3/t41-,42-,44-,45-,46+,47-,48+,49-,54+,55-/m1/s1. The van der Waals surface area contributed by atoms with Crippen LogP contribution in [-0.2, 0) is 94.1 Å². The van der Waals surface area contributed by atoms with Crippen molar-refractivity contribution in [3.05, 3.63) is 143 Å². The molecule has 2 fully saturated rings. The van der Waals surface area contributed by atoms with Crippen LogP contribution in [0.3, 0.4) is 0 Å². The highest BCUT2D eigenvalue weighted by Crippen LogP contribution is 2.39. The Morgan fingerprint density at radius 2 is 0.961 bits per heavy atom. The van der Waals surface area contributed by atoms with Gasteiger partial charge in [0.15, 0.2) is 37.0 Å². The summed E-state index contributed by atoms with van der Waals surface area (Å²) in [5.41, 5.74) is 1.07. The molecule has 0 aliphatic carbocycles. The van der Waals surface area contributed by atoms with Crippen molar-refractivity contribution in [2.24, 2.45) is 0 Å². The van der Waals surface area contributed by atoms with E-state index in [4.69, 9.17) is 52.1 Å². The Morgan fingerprint density at radius 3 is 1.51 bits per heavy atom. The third-order valence-electron chi connectivity index (χ3n) is 12.1. The first-order valence-corrected chi connectivity index (χ1v) is 24.3. The molecule has 0 aromatic heterocycles. The molecule has 0 unspecified atom stereocenters. The molecule has 2 amide bonds. The third-order valence-corrected chi connectivity index (χ3v) is 12.1. The molecule has 4 aromatic carbocycles. The molecule has 22 nitrogen and oxygen atoms in total. The summed E-state index contributed by atoms with van der Waals surface area (Å²) in [7, 11) is 0. The van der Waals surface area contributed by atoms with Crippen LogP contribution in [0, 0.1) is 0 Å². The van der Waals surface area contributed by atoms with E-state index in [9.17, 15) is 47.9 Å². The number of carbonyl (C=O) groups is 10. The summed E-state index contributed by atoms with van der Waals surface area (Å²) < 4.78 is 66.5. The molecule has 22 heteroatoms. The minimum Gasteiger partial charge on any atom is -0.463 e. The summed E-state index contributed by atoms with van der Waals surface area (Å²) in [5, 5.41) is 0. The topological polar surface area (TPSA) is 275 Å². The number of hydrogen-bond acceptors (Lipinski definition) is 21. The molecule has 3 aliphatic rings. The van der Waals surface area contributed by atoms with Crippen molar-refractivity contribution >= 4 is 59.4 Å². The average molecular weight is 1070 g/mol. The van der Waals surface area contributed by atoms with Gasteiger partial charge in [0, 0.05) is 34.1 Å². The number of esters is 7. The highest BCUT2D eigenvalue weighted by atomic mass is 16.8. The normalized spacial score (nSPS) is 23.6. The van der Waals surface area contributed by atoms with Gasteiger partial charge >= 0.3 is 41.8 Å². The first-order chi connectivity index (χ1) is 36.9. The molecule has 4 aromatic rings. The molecule has 3 heterocycles. The molecule has 2 saturated heterocycles. The highest BCUT2D eigenvalue weighted by Gasteiger charge is 2.60. The van der Waals surface area contributed by atoms with Crippen LogP contribution in [0.1, 0.15) is 100 Å². The van der Waals surface area contributed by atoms with Crippen LogP contribution < -0.4 is 0 Å². The second-order valence-corrected chi connectivity index (χ2v) is 17.9. The molecule has 0 saturated carbocycles. The van der Waals surface area contributed by atoms with E-state index in [0.717, 1.165) is 20.8 Å². The van der Waals surface area contributed by atoms with Crippen molar-refractivity contribution in [3.8, 4) is 0 Å². The number of benzene rings is 4. The van der Waals surface area contributed by atoms with Crippen molar-refractivity contribution in [2.75, 3.05) is 13.2 Å². The average Bonchev–Trinajstić information content (AvgIpc) is 3.79. The lowest BCUT2D eigenvalue weighted by molar-refractivity contribution is -0.352. The van der Waals surface area contributed by atoms with Crippen LogP contribution in [-0.4, -0.2) is 139 Å². The van der Waals surface area contributed by atoms with Crippen molar-refractivity contribution in [1.29, 1.82) is 0 Å². The molecule has 406 valence electrons. The maximum atomic E-state index is 14.6. The summed E-state index contributed by atoms with van der Waals surface area (Å²) in [6.45, 7) is 3.84. The van der Waals surface area contributed by atoms with Crippen molar-refractivity contribution in [1.82, 2.24) is 4.90 Å². The van der Waals surface area contributed by atoms with Crippen LogP contribution >= 0.6 is 0 Å². The van der Waals surface area contributed by atoms with E-state index >= 15 is 0 Å². The van der Waals surface area contributed by atoms with Crippen LogP contribution in [0.2, 0.25) is 0 Å². The minimum atomic E-state index is -2.11. The van der Waals surface area contributed by atoms with Crippen molar-refractivity contribution in [2.45, 2.75) is 122 Å². The second-order valence-electron chi connectivity index (χ2n) is 17.9. The van der Waals surface area contributed by atoms with Gasteiger partial charge in [0.25, 0.3) is 11.8 Å². The van der Waals surface area contributed by atoms with Crippen molar-refractivity contribution < 1.29 is 100 Å². The minimum absolute atomic E-state index is 0.000643. The second kappa shape index (κ2) is 26.0. The molecule has 0 radical (unpaired) electrons. The monoisotopic (exact) mass is 1070 g/mol. The third kappa shape index (κ3) is 14.6. The van der Waals surface area contributed by atoms with Gasteiger partial charge in [-0.3, -0.25) is 38.5 Å². The van der Waals surface area contributed by atoms with Gasteiger partial charge in [0.1, 0.15) is 50.0 Å². The maximum absolute atomic E-state index is 14.6. The van der Waals surface area contributed by atoms with Crippen LogP contribution in [0.5, 0.6) is 0 Å². The summed E-state index contributed by atoms with van der Waals surface area (Å²) in [4.78, 5) is 134. The van der Waals surface area contributed by atoms with E-state index in [-0.39, 0.29) is 47.7 Å². The Labute approximate surface area is 441 Å². The fourth-order valence-corrected chi connectivity index (χ4v) is 8.64. The molecule has 10 atom stereocenters. The molecule has 0 bridgehead atoms. The predicted octanol–water partition coefficient (Wildman–Crippen LogP) is 4.56. The molecular weight excluding hydrogens is 1010 g/mol. The SMILES string of the molecule is CC(=O)CCC(=O)O[C@@H]1[C@H](O[C@@H]2O[C@H](COC(C)=O)[C@@H](OC(C)=O)[C@H](OC(C)=O)[C@H]2N2C(=O)c3ccccc3C2=O)[C@@H](OC(=O)c2ccccc2)[C@H](OCc2ccc(COC(C)=O)cc2)O[C@@H]1COC(=O)c1ccccc1. The number of carbonyl (C=O) groups excluding carboxylic acids is 10. The van der Waals surface area contributed by atoms with Gasteiger partial charge in [-0.05, 0) is 54.4 Å². The quantitative estimate of drug-likeness (QED) is 0.0628. The lowest BCUT2D eigenvalue weighted by Gasteiger charge is -2.50. The summed E-state index contributed by atoms with van der Waals surface area (Å²) >= 11 is 0. The number of imide groups is 1. The fourth-order valence-electron chi connectivity index (χ4n) is 8.64. The van der Waals surface area contributed by atoms with Crippen LogP contribution in [0.25, 0.3) is 0 Å². The summed E-state index contributed by atoms with van der Waals surface area (Å²) in [6.07, 6.45) is -17.2. The molecule has 7 rings (SSSR count). The van der Waals surface area contributed by atoms with Gasteiger partial charge in [-0.15, -0.1) is 0 Å². The van der Waals surface area contributed by atoms with Gasteiger partial charge in [-0.2, -0.15) is 0 Å². The number of nitrogens with zero attached hydrogens (tertiary/aromatic N) is 1. The fraction of sp³-hybridized carbons (Fsp3) is 0.382. The summed E-state index contributed by atoms with van der Waals surface area (Å²) in [6, 6.07) is 25.9. The maximum Gasteiger partial charge on any atom is 0.338 e. The predicted molar refractivity (Wildman–Crippen MR) is 260 cm³/mol. The first-order valence-electron chi connectivity index (χ1n) is 24.3. The zero-order chi connectivity index (χ0) is 55.3. The van der Waals surface area contributed by atoms with Gasteiger partial charge in [0.05, 0.1) is 35.3 Å². The zero-order valence-electron chi connectivity index (χ0n) is 42.4. The van der Waals surface area contributed by atoms with E-state index in [1.54, 1.807) is 60.7 Å². The van der Waals surface area contributed by atoms with E-state index in [1.165, 1.54) is 62.4 Å². The van der Waals surface area contributed by atoms with E-state index < -0.39 is 135 Å². The number of amides is 2. The highest BCUT2D eigenvalue weighted by molar-refractivity contribution is 6.21. The Kier molecular flexibility index (Phi) is 19.1. The zero-order valence-corrected chi connectivity index (χ0v) is 42.4. The Hall–Kier alpha value is -8.18. The number of hydrogen-bond donors (Lipinski definition) is 0. The van der Waals surface area contributed by atoms with Gasteiger partial charge in [-0.1, -0.05) is 72.8 Å². The Morgan fingerprint density at radius 1 is 0.468 bits per heavy atom. The van der Waals surface area contributed by atoms with Crippen molar-refractivity contribution in [3.63, 3.8) is 0 Å². The molecule has 0 N–H and O–H groups in total. The molecule has 0 spiro atoms. The largest absolute Gasteiger partial charge is 0.463 e. The first kappa shape index (κ1) is 56.5. The number of rotatable bonds is 21.